The first-order valence-electron chi connectivity index (χ1n) is 7.75. The molecule has 4 N–H and O–H groups in total. The molecule has 0 aliphatic carbocycles. The van der Waals surface area contributed by atoms with E-state index in [4.69, 9.17) is 5.73 Å². The van der Waals surface area contributed by atoms with Gasteiger partial charge in [0.25, 0.3) is 0 Å². The van der Waals surface area contributed by atoms with Gasteiger partial charge in [-0.2, -0.15) is 25.2 Å². The highest BCUT2D eigenvalue weighted by Gasteiger charge is 2.06. The van der Waals surface area contributed by atoms with Crippen LogP contribution < -0.4 is 11.1 Å². The first-order chi connectivity index (χ1) is 12.5. The number of aromatic nitrogens is 3. The number of hydrogen-bond acceptors (Lipinski definition) is 8. The van der Waals surface area contributed by atoms with E-state index in [0.717, 1.165) is 5.69 Å². The summed E-state index contributed by atoms with van der Waals surface area (Å²) >= 11 is 0. The molecule has 0 spiro atoms. The highest BCUT2D eigenvalue weighted by Crippen LogP contribution is 2.24. The third-order valence-corrected chi connectivity index (χ3v) is 3.27. The van der Waals surface area contributed by atoms with Gasteiger partial charge in [-0.1, -0.05) is 12.6 Å². The second kappa shape index (κ2) is 7.39. The lowest BCUT2D eigenvalue weighted by Gasteiger charge is -2.07. The summed E-state index contributed by atoms with van der Waals surface area (Å²) < 4.78 is 0. The molecule has 0 amide bonds. The fourth-order valence-corrected chi connectivity index (χ4v) is 2.05. The number of aromatic hydroxyl groups is 1. The summed E-state index contributed by atoms with van der Waals surface area (Å²) in [4.78, 5) is 12.4. The molecular weight excluding hydrogens is 330 g/mol. The number of nitrogens with two attached hydrogens (primary N) is 1. The zero-order chi connectivity index (χ0) is 18.5. The standard InChI is InChI=1S/C18H17N7O/c1-11(2)16-21-17(19)23-18(22-16)20-13-4-3-5-14(10-13)25-24-12-6-8-15(26)9-7-12/h3-10,26H,1H2,2H3,(H3,19,20,21,22,23). The smallest absolute Gasteiger partial charge is 0.232 e. The van der Waals surface area contributed by atoms with Crippen molar-refractivity contribution in [1.29, 1.82) is 0 Å². The lowest BCUT2D eigenvalue weighted by atomic mass is 10.3. The summed E-state index contributed by atoms with van der Waals surface area (Å²) in [6.07, 6.45) is 0. The molecule has 26 heavy (non-hydrogen) atoms. The predicted molar refractivity (Wildman–Crippen MR) is 101 cm³/mol. The van der Waals surface area contributed by atoms with Gasteiger partial charge in [-0.05, 0) is 55.0 Å². The highest BCUT2D eigenvalue weighted by atomic mass is 16.3. The number of azo groups is 1. The first-order valence-corrected chi connectivity index (χ1v) is 7.75. The lowest BCUT2D eigenvalue weighted by Crippen LogP contribution is -2.06. The Morgan fingerprint density at radius 1 is 1.04 bits per heavy atom. The molecule has 0 saturated heterocycles. The number of phenolic OH excluding ortho intramolecular Hbond substituents is 1. The van der Waals surface area contributed by atoms with Gasteiger partial charge in [0.05, 0.1) is 11.4 Å². The lowest BCUT2D eigenvalue weighted by molar-refractivity contribution is 0.475. The second-order valence-electron chi connectivity index (χ2n) is 5.51. The van der Waals surface area contributed by atoms with Crippen molar-refractivity contribution in [3.05, 3.63) is 60.9 Å². The van der Waals surface area contributed by atoms with Crippen molar-refractivity contribution in [3.63, 3.8) is 0 Å². The quantitative estimate of drug-likeness (QED) is 0.590. The van der Waals surface area contributed by atoms with Crippen molar-refractivity contribution in [1.82, 2.24) is 15.0 Å². The number of phenols is 1. The Hall–Kier alpha value is -3.81. The van der Waals surface area contributed by atoms with Crippen molar-refractivity contribution < 1.29 is 5.11 Å². The van der Waals surface area contributed by atoms with Gasteiger partial charge < -0.3 is 16.2 Å². The molecule has 0 bridgehead atoms. The summed E-state index contributed by atoms with van der Waals surface area (Å²) in [7, 11) is 0. The average molecular weight is 347 g/mol. The fraction of sp³-hybridized carbons (Fsp3) is 0.0556. The van der Waals surface area contributed by atoms with Crippen LogP contribution in [-0.2, 0) is 0 Å². The number of allylic oxidation sites excluding steroid dienone is 1. The van der Waals surface area contributed by atoms with Gasteiger partial charge >= 0.3 is 0 Å². The summed E-state index contributed by atoms with van der Waals surface area (Å²) in [5.41, 5.74) is 8.41. The van der Waals surface area contributed by atoms with E-state index in [-0.39, 0.29) is 11.7 Å². The zero-order valence-electron chi connectivity index (χ0n) is 14.1. The van der Waals surface area contributed by atoms with Crippen molar-refractivity contribution in [2.45, 2.75) is 6.92 Å². The van der Waals surface area contributed by atoms with E-state index in [0.29, 0.717) is 28.7 Å². The van der Waals surface area contributed by atoms with Crippen LogP contribution in [0.1, 0.15) is 12.7 Å². The van der Waals surface area contributed by atoms with Crippen molar-refractivity contribution >= 4 is 34.5 Å². The summed E-state index contributed by atoms with van der Waals surface area (Å²) in [5, 5.41) is 20.7. The van der Waals surface area contributed by atoms with Crippen LogP contribution in [0.4, 0.5) is 29.0 Å². The predicted octanol–water partition coefficient (Wildman–Crippen LogP) is 4.35. The molecule has 0 atom stereocenters. The van der Waals surface area contributed by atoms with Crippen LogP contribution in [0.15, 0.2) is 65.3 Å². The van der Waals surface area contributed by atoms with E-state index >= 15 is 0 Å². The van der Waals surface area contributed by atoms with Crippen LogP contribution in [0, 0.1) is 0 Å². The molecule has 2 aromatic carbocycles. The third kappa shape index (κ3) is 4.38. The SMILES string of the molecule is C=C(C)c1nc(N)nc(Nc2cccc(N=Nc3ccc(O)cc3)c2)n1. The minimum atomic E-state index is 0.115. The minimum absolute atomic E-state index is 0.115. The van der Waals surface area contributed by atoms with Gasteiger partial charge in [-0.25, -0.2) is 0 Å². The topological polar surface area (TPSA) is 122 Å². The van der Waals surface area contributed by atoms with Crippen LogP contribution in [-0.4, -0.2) is 20.1 Å². The largest absolute Gasteiger partial charge is 0.508 e. The zero-order valence-corrected chi connectivity index (χ0v) is 14.1. The van der Waals surface area contributed by atoms with Crippen molar-refractivity contribution in [2.24, 2.45) is 10.2 Å². The van der Waals surface area contributed by atoms with Gasteiger partial charge in [-0.15, -0.1) is 0 Å². The maximum Gasteiger partial charge on any atom is 0.232 e. The maximum absolute atomic E-state index is 9.28. The van der Waals surface area contributed by atoms with Crippen LogP contribution in [0.5, 0.6) is 5.75 Å². The fourth-order valence-electron chi connectivity index (χ4n) is 2.05. The number of anilines is 3. The Morgan fingerprint density at radius 3 is 2.50 bits per heavy atom. The minimum Gasteiger partial charge on any atom is -0.508 e. The molecule has 1 heterocycles. The van der Waals surface area contributed by atoms with E-state index in [2.05, 4.69) is 37.1 Å². The van der Waals surface area contributed by atoms with Gasteiger partial charge in [0.2, 0.25) is 11.9 Å². The molecule has 0 aliphatic rings. The average Bonchev–Trinajstić information content (AvgIpc) is 2.61. The Kier molecular flexibility index (Phi) is 4.84. The van der Waals surface area contributed by atoms with Gasteiger partial charge in [0, 0.05) is 5.69 Å². The molecule has 3 aromatic rings. The summed E-state index contributed by atoms with van der Waals surface area (Å²) in [5.74, 6) is 1.05. The molecule has 0 fully saturated rings. The molecule has 8 nitrogen and oxygen atoms in total. The molecule has 1 aromatic heterocycles. The Labute approximate surface area is 150 Å². The van der Waals surface area contributed by atoms with Gasteiger partial charge in [0.1, 0.15) is 5.75 Å². The number of hydrogen-bond donors (Lipinski definition) is 3. The van der Waals surface area contributed by atoms with Crippen molar-refractivity contribution in [2.75, 3.05) is 11.1 Å². The third-order valence-electron chi connectivity index (χ3n) is 3.27. The van der Waals surface area contributed by atoms with E-state index in [1.54, 1.807) is 37.3 Å². The summed E-state index contributed by atoms with van der Waals surface area (Å²) in [6.45, 7) is 5.60. The second-order valence-corrected chi connectivity index (χ2v) is 5.51. The first kappa shape index (κ1) is 17.0. The van der Waals surface area contributed by atoms with Crippen LogP contribution >= 0.6 is 0 Å². The van der Waals surface area contributed by atoms with Crippen LogP contribution in [0.3, 0.4) is 0 Å². The summed E-state index contributed by atoms with van der Waals surface area (Å²) in [6, 6.07) is 13.7. The molecule has 0 saturated carbocycles. The Bertz CT molecular complexity index is 968. The van der Waals surface area contributed by atoms with Gasteiger partial charge in [-0.3, -0.25) is 0 Å². The molecule has 8 heteroatoms. The van der Waals surface area contributed by atoms with E-state index < -0.39 is 0 Å². The van der Waals surface area contributed by atoms with E-state index in [9.17, 15) is 5.11 Å². The molecule has 0 radical (unpaired) electrons. The molecule has 3 rings (SSSR count). The monoisotopic (exact) mass is 347 g/mol. The normalized spacial score (nSPS) is 10.8. The Balaban J connectivity index is 1.79. The molecule has 0 unspecified atom stereocenters. The van der Waals surface area contributed by atoms with Crippen molar-refractivity contribution in [3.8, 4) is 5.75 Å². The maximum atomic E-state index is 9.28. The van der Waals surface area contributed by atoms with Gasteiger partial charge in [0.15, 0.2) is 5.82 Å². The molecule has 0 aliphatic heterocycles. The number of nitrogens with one attached hydrogen (secondary N) is 1. The molecule has 130 valence electrons. The number of rotatable bonds is 5. The van der Waals surface area contributed by atoms with Crippen LogP contribution in [0.2, 0.25) is 0 Å². The highest BCUT2D eigenvalue weighted by molar-refractivity contribution is 5.62. The molecular formula is C18H17N7O. The number of benzene rings is 2. The van der Waals surface area contributed by atoms with Crippen LogP contribution in [0.25, 0.3) is 5.57 Å². The number of nitrogens with zero attached hydrogens (tertiary/aromatic N) is 5. The Morgan fingerprint density at radius 2 is 1.77 bits per heavy atom. The number of nitrogen functional groups attached to an aromatic ring is 1. The van der Waals surface area contributed by atoms with E-state index in [1.807, 2.05) is 18.2 Å². The van der Waals surface area contributed by atoms with E-state index in [1.165, 1.54) is 0 Å².